The number of aryl methyl sites for hydroxylation is 1. The number of benzene rings is 1. The van der Waals surface area contributed by atoms with Crippen LogP contribution in [0.25, 0.3) is 0 Å². The third-order valence-electron chi connectivity index (χ3n) is 5.17. The van der Waals surface area contributed by atoms with Gasteiger partial charge in [-0.1, -0.05) is 29.8 Å². The predicted octanol–water partition coefficient (Wildman–Crippen LogP) is 2.49. The molecular formula is C16H18N2O. The zero-order chi connectivity index (χ0) is 13.0. The lowest BCUT2D eigenvalue weighted by atomic mass is 9.74. The summed E-state index contributed by atoms with van der Waals surface area (Å²) >= 11 is 0. The lowest BCUT2D eigenvalue weighted by molar-refractivity contribution is -0.128. The summed E-state index contributed by atoms with van der Waals surface area (Å²) in [6.45, 7) is 2.09. The van der Waals surface area contributed by atoms with E-state index in [1.54, 1.807) is 0 Å². The standard InChI is InChI=1S/C16H18N2O/c1-9-2-4-10(5-3-9)15-13-11-6-7-12(8-11)14(13)16(19)18-17-15/h2-5,11-14H,6-8H2,1H3,(H,18,19)/t11-,12+,13+,14-/m1/s1. The van der Waals surface area contributed by atoms with Gasteiger partial charge in [0.05, 0.1) is 11.6 Å². The van der Waals surface area contributed by atoms with E-state index in [-0.39, 0.29) is 11.8 Å². The van der Waals surface area contributed by atoms with Crippen molar-refractivity contribution in [3.8, 4) is 0 Å². The highest BCUT2D eigenvalue weighted by Crippen LogP contribution is 2.54. The molecule has 2 aliphatic carbocycles. The molecule has 4 rings (SSSR count). The van der Waals surface area contributed by atoms with Gasteiger partial charge in [-0.3, -0.25) is 4.79 Å². The molecule has 1 N–H and O–H groups in total. The number of carbonyl (C=O) groups is 1. The lowest BCUT2D eigenvalue weighted by Gasteiger charge is -2.33. The van der Waals surface area contributed by atoms with Crippen LogP contribution in [0.5, 0.6) is 0 Å². The number of amides is 1. The smallest absolute Gasteiger partial charge is 0.244 e. The van der Waals surface area contributed by atoms with Crippen LogP contribution >= 0.6 is 0 Å². The van der Waals surface area contributed by atoms with Gasteiger partial charge in [0.25, 0.3) is 0 Å². The minimum atomic E-state index is 0.146. The number of hydrazone groups is 1. The normalized spacial score (nSPS) is 35.8. The Hall–Kier alpha value is -1.64. The third-order valence-corrected chi connectivity index (χ3v) is 5.17. The molecule has 0 saturated heterocycles. The fraction of sp³-hybridized carbons (Fsp3) is 0.500. The first kappa shape index (κ1) is 11.2. The fourth-order valence-electron chi connectivity index (χ4n) is 4.31. The average Bonchev–Trinajstić information content (AvgIpc) is 3.02. The number of carbonyl (C=O) groups excluding carboxylic acids is 1. The summed E-state index contributed by atoms with van der Waals surface area (Å²) in [6.07, 6.45) is 3.71. The summed E-state index contributed by atoms with van der Waals surface area (Å²) in [7, 11) is 0. The maximum Gasteiger partial charge on any atom is 0.244 e. The molecule has 0 aromatic heterocycles. The molecule has 3 nitrogen and oxygen atoms in total. The van der Waals surface area contributed by atoms with Gasteiger partial charge in [0.2, 0.25) is 5.91 Å². The minimum Gasteiger partial charge on any atom is -0.273 e. The molecule has 2 saturated carbocycles. The Morgan fingerprint density at radius 3 is 2.53 bits per heavy atom. The first-order valence-corrected chi connectivity index (χ1v) is 7.18. The van der Waals surface area contributed by atoms with Gasteiger partial charge in [-0.05, 0) is 43.6 Å². The Morgan fingerprint density at radius 2 is 1.79 bits per heavy atom. The highest BCUT2D eigenvalue weighted by atomic mass is 16.2. The Kier molecular flexibility index (Phi) is 2.32. The van der Waals surface area contributed by atoms with Crippen molar-refractivity contribution in [2.24, 2.45) is 28.8 Å². The van der Waals surface area contributed by atoms with Gasteiger partial charge >= 0.3 is 0 Å². The minimum absolute atomic E-state index is 0.146. The van der Waals surface area contributed by atoms with Crippen molar-refractivity contribution in [1.82, 2.24) is 5.43 Å². The van der Waals surface area contributed by atoms with E-state index in [4.69, 9.17) is 0 Å². The van der Waals surface area contributed by atoms with Crippen LogP contribution in [-0.2, 0) is 4.79 Å². The molecule has 3 aliphatic rings. The SMILES string of the molecule is Cc1ccc(C2=NNC(=O)[C@@H]3[C@H]4CC[C@H](C4)[C@H]23)cc1. The Bertz CT molecular complexity index is 561. The van der Waals surface area contributed by atoms with Crippen LogP contribution in [-0.4, -0.2) is 11.6 Å². The molecular weight excluding hydrogens is 236 g/mol. The van der Waals surface area contributed by atoms with Gasteiger partial charge in [-0.15, -0.1) is 0 Å². The highest BCUT2D eigenvalue weighted by molar-refractivity contribution is 6.07. The molecule has 2 fully saturated rings. The van der Waals surface area contributed by atoms with E-state index in [1.807, 2.05) is 0 Å². The molecule has 2 bridgehead atoms. The van der Waals surface area contributed by atoms with Crippen molar-refractivity contribution in [3.63, 3.8) is 0 Å². The van der Waals surface area contributed by atoms with Crippen molar-refractivity contribution in [2.75, 3.05) is 0 Å². The van der Waals surface area contributed by atoms with Gasteiger partial charge in [0.1, 0.15) is 0 Å². The number of rotatable bonds is 1. The van der Waals surface area contributed by atoms with Crippen LogP contribution in [0.15, 0.2) is 29.4 Å². The predicted molar refractivity (Wildman–Crippen MR) is 73.7 cm³/mol. The molecule has 19 heavy (non-hydrogen) atoms. The average molecular weight is 254 g/mol. The second-order valence-electron chi connectivity index (χ2n) is 6.22. The van der Waals surface area contributed by atoms with Crippen molar-refractivity contribution in [1.29, 1.82) is 0 Å². The van der Waals surface area contributed by atoms with Gasteiger partial charge in [-0.25, -0.2) is 5.43 Å². The van der Waals surface area contributed by atoms with E-state index in [1.165, 1.54) is 30.4 Å². The first-order chi connectivity index (χ1) is 9.24. The van der Waals surface area contributed by atoms with E-state index >= 15 is 0 Å². The van der Waals surface area contributed by atoms with Crippen LogP contribution in [0.4, 0.5) is 0 Å². The molecule has 0 radical (unpaired) electrons. The van der Waals surface area contributed by atoms with Crippen molar-refractivity contribution in [2.45, 2.75) is 26.2 Å². The van der Waals surface area contributed by atoms with Crippen molar-refractivity contribution in [3.05, 3.63) is 35.4 Å². The Balaban J connectivity index is 1.76. The molecule has 1 heterocycles. The van der Waals surface area contributed by atoms with Gasteiger partial charge in [-0.2, -0.15) is 5.10 Å². The van der Waals surface area contributed by atoms with Crippen LogP contribution < -0.4 is 5.43 Å². The van der Waals surface area contributed by atoms with E-state index < -0.39 is 0 Å². The van der Waals surface area contributed by atoms with E-state index in [9.17, 15) is 4.79 Å². The maximum absolute atomic E-state index is 12.1. The summed E-state index contributed by atoms with van der Waals surface area (Å²) in [6, 6.07) is 8.51. The Labute approximate surface area is 113 Å². The largest absolute Gasteiger partial charge is 0.273 e. The quantitative estimate of drug-likeness (QED) is 0.822. The van der Waals surface area contributed by atoms with Crippen LogP contribution in [0.2, 0.25) is 0 Å². The molecule has 3 heteroatoms. The molecule has 1 aliphatic heterocycles. The summed E-state index contributed by atoms with van der Waals surface area (Å²) in [5.41, 5.74) is 6.29. The molecule has 98 valence electrons. The second-order valence-corrected chi connectivity index (χ2v) is 6.22. The summed E-state index contributed by atoms with van der Waals surface area (Å²) in [5, 5.41) is 4.39. The van der Waals surface area contributed by atoms with Gasteiger partial charge in [0.15, 0.2) is 0 Å². The van der Waals surface area contributed by atoms with Crippen LogP contribution in [0, 0.1) is 30.6 Å². The zero-order valence-corrected chi connectivity index (χ0v) is 11.1. The zero-order valence-electron chi connectivity index (χ0n) is 11.1. The highest BCUT2D eigenvalue weighted by Gasteiger charge is 2.54. The van der Waals surface area contributed by atoms with Crippen LogP contribution in [0.3, 0.4) is 0 Å². The van der Waals surface area contributed by atoms with E-state index in [0.717, 1.165) is 5.71 Å². The summed E-state index contributed by atoms with van der Waals surface area (Å²) < 4.78 is 0. The first-order valence-electron chi connectivity index (χ1n) is 7.18. The monoisotopic (exact) mass is 254 g/mol. The number of nitrogens with zero attached hydrogens (tertiary/aromatic N) is 1. The summed E-state index contributed by atoms with van der Waals surface area (Å²) in [4.78, 5) is 12.1. The van der Waals surface area contributed by atoms with Crippen molar-refractivity contribution < 1.29 is 4.79 Å². The number of hydrogen-bond acceptors (Lipinski definition) is 2. The number of nitrogens with one attached hydrogen (secondary N) is 1. The van der Waals surface area contributed by atoms with E-state index in [0.29, 0.717) is 17.8 Å². The fourth-order valence-corrected chi connectivity index (χ4v) is 4.31. The Morgan fingerprint density at radius 1 is 1.11 bits per heavy atom. The molecule has 0 spiro atoms. The number of fused-ring (bicyclic) bond motifs is 5. The van der Waals surface area contributed by atoms with Crippen molar-refractivity contribution >= 4 is 11.6 Å². The topological polar surface area (TPSA) is 41.5 Å². The molecule has 1 aromatic rings. The molecule has 1 aromatic carbocycles. The molecule has 0 unspecified atom stereocenters. The lowest BCUT2D eigenvalue weighted by Crippen LogP contribution is -2.45. The maximum atomic E-state index is 12.1. The van der Waals surface area contributed by atoms with E-state index in [2.05, 4.69) is 41.7 Å². The van der Waals surface area contributed by atoms with Gasteiger partial charge < -0.3 is 0 Å². The van der Waals surface area contributed by atoms with Crippen LogP contribution in [0.1, 0.15) is 30.4 Å². The third kappa shape index (κ3) is 1.57. The van der Waals surface area contributed by atoms with Gasteiger partial charge in [0, 0.05) is 5.92 Å². The second kappa shape index (κ2) is 3.92. The molecule has 4 atom stereocenters. The number of hydrogen-bond donors (Lipinski definition) is 1. The summed E-state index contributed by atoms with van der Waals surface area (Å²) in [5.74, 6) is 1.93. The molecule has 1 amide bonds.